The first-order valence-electron chi connectivity index (χ1n) is 5.37. The molecule has 1 amide bonds. The van der Waals surface area contributed by atoms with Crippen molar-refractivity contribution >= 4 is 17.5 Å². The molecule has 15 heavy (non-hydrogen) atoms. The predicted octanol–water partition coefficient (Wildman–Crippen LogP) is 1.89. The highest BCUT2D eigenvalue weighted by Crippen LogP contribution is 2.24. The van der Waals surface area contributed by atoms with Crippen LogP contribution in [0.5, 0.6) is 0 Å². The molecule has 0 aromatic carbocycles. The number of carbonyl (C=O) groups is 1. The van der Waals surface area contributed by atoms with Crippen LogP contribution in [-0.2, 0) is 9.53 Å². The van der Waals surface area contributed by atoms with Crippen molar-refractivity contribution < 1.29 is 9.53 Å². The van der Waals surface area contributed by atoms with Crippen molar-refractivity contribution in [2.75, 3.05) is 19.0 Å². The van der Waals surface area contributed by atoms with E-state index in [9.17, 15) is 4.79 Å². The summed E-state index contributed by atoms with van der Waals surface area (Å²) in [6.07, 6.45) is 0.122. The van der Waals surface area contributed by atoms with E-state index in [1.54, 1.807) is 0 Å². The van der Waals surface area contributed by atoms with Gasteiger partial charge in [0.25, 0.3) is 0 Å². The molecule has 1 rings (SSSR count). The molecule has 88 valence electrons. The minimum atomic E-state index is -0.479. The van der Waals surface area contributed by atoms with E-state index in [1.165, 1.54) is 0 Å². The van der Waals surface area contributed by atoms with Crippen LogP contribution < -0.4 is 0 Å². The molecule has 0 aromatic heterocycles. The van der Waals surface area contributed by atoms with Crippen LogP contribution >= 0.6 is 11.6 Å². The normalized spacial score (nSPS) is 27.9. The third-order valence-electron chi connectivity index (χ3n) is 2.78. The Morgan fingerprint density at radius 2 is 2.13 bits per heavy atom. The average molecular weight is 234 g/mol. The summed E-state index contributed by atoms with van der Waals surface area (Å²) in [4.78, 5) is 14.1. The van der Waals surface area contributed by atoms with Crippen LogP contribution in [0.1, 0.15) is 27.7 Å². The van der Waals surface area contributed by atoms with Gasteiger partial charge in [-0.15, -0.1) is 11.6 Å². The Hall–Kier alpha value is -0.280. The van der Waals surface area contributed by atoms with Crippen molar-refractivity contribution in [1.82, 2.24) is 4.90 Å². The molecule has 3 nitrogen and oxygen atoms in total. The van der Waals surface area contributed by atoms with E-state index in [0.29, 0.717) is 19.0 Å². The number of halogens is 1. The van der Waals surface area contributed by atoms with E-state index in [1.807, 2.05) is 32.6 Å². The van der Waals surface area contributed by atoms with Crippen molar-refractivity contribution in [2.24, 2.45) is 5.41 Å². The van der Waals surface area contributed by atoms with Gasteiger partial charge in [-0.3, -0.25) is 4.79 Å². The predicted molar refractivity (Wildman–Crippen MR) is 61.1 cm³/mol. The van der Waals surface area contributed by atoms with Crippen molar-refractivity contribution in [2.45, 2.75) is 39.8 Å². The Kier molecular flexibility index (Phi) is 4.01. The molecule has 1 heterocycles. The second kappa shape index (κ2) is 4.71. The Bertz CT molecular complexity index is 243. The molecule has 2 unspecified atom stereocenters. The minimum absolute atomic E-state index is 0.122. The van der Waals surface area contributed by atoms with Crippen LogP contribution in [0.3, 0.4) is 0 Å². The molecule has 1 aliphatic rings. The van der Waals surface area contributed by atoms with Gasteiger partial charge in [0.2, 0.25) is 5.91 Å². The van der Waals surface area contributed by atoms with Gasteiger partial charge in [0.15, 0.2) is 0 Å². The zero-order valence-corrected chi connectivity index (χ0v) is 10.7. The molecule has 0 radical (unpaired) electrons. The number of ether oxygens (including phenoxy) is 1. The molecular formula is C11H20ClNO2. The number of carbonyl (C=O) groups excluding carboxylic acids is 1. The fourth-order valence-electron chi connectivity index (χ4n) is 1.63. The van der Waals surface area contributed by atoms with Gasteiger partial charge in [0.05, 0.1) is 24.2 Å². The van der Waals surface area contributed by atoms with E-state index < -0.39 is 5.41 Å². The lowest BCUT2D eigenvalue weighted by Crippen LogP contribution is -2.54. The zero-order valence-electron chi connectivity index (χ0n) is 9.92. The van der Waals surface area contributed by atoms with Gasteiger partial charge in [-0.1, -0.05) is 0 Å². The van der Waals surface area contributed by atoms with Crippen LogP contribution in [0.15, 0.2) is 0 Å². The van der Waals surface area contributed by atoms with Crippen LogP contribution in [-0.4, -0.2) is 42.0 Å². The first-order chi connectivity index (χ1) is 6.88. The molecule has 0 aliphatic carbocycles. The lowest BCUT2D eigenvalue weighted by Gasteiger charge is -2.40. The molecule has 0 N–H and O–H groups in total. The highest BCUT2D eigenvalue weighted by Gasteiger charge is 2.36. The molecule has 2 atom stereocenters. The quantitative estimate of drug-likeness (QED) is 0.682. The van der Waals surface area contributed by atoms with E-state index >= 15 is 0 Å². The SMILES string of the molecule is CC1CN(C(=O)C(C)(C)CCl)C(C)CO1. The van der Waals surface area contributed by atoms with Crippen LogP contribution in [0.25, 0.3) is 0 Å². The molecule has 1 aliphatic heterocycles. The van der Waals surface area contributed by atoms with Gasteiger partial charge in [-0.25, -0.2) is 0 Å². The summed E-state index contributed by atoms with van der Waals surface area (Å²) >= 11 is 5.81. The van der Waals surface area contributed by atoms with Gasteiger partial charge in [0, 0.05) is 12.4 Å². The second-order valence-corrected chi connectivity index (χ2v) is 5.24. The first kappa shape index (κ1) is 12.8. The maximum Gasteiger partial charge on any atom is 0.229 e. The number of hydrogen-bond acceptors (Lipinski definition) is 2. The van der Waals surface area contributed by atoms with E-state index in [-0.39, 0.29) is 18.1 Å². The lowest BCUT2D eigenvalue weighted by molar-refractivity contribution is -0.151. The fraction of sp³-hybridized carbons (Fsp3) is 0.909. The van der Waals surface area contributed by atoms with Gasteiger partial charge in [-0.2, -0.15) is 0 Å². The van der Waals surface area contributed by atoms with Gasteiger partial charge >= 0.3 is 0 Å². The molecule has 0 spiro atoms. The van der Waals surface area contributed by atoms with E-state index in [4.69, 9.17) is 16.3 Å². The minimum Gasteiger partial charge on any atom is -0.375 e. The molecule has 4 heteroatoms. The van der Waals surface area contributed by atoms with Crippen molar-refractivity contribution in [3.63, 3.8) is 0 Å². The largest absolute Gasteiger partial charge is 0.375 e. The van der Waals surface area contributed by atoms with Crippen molar-refractivity contribution in [3.8, 4) is 0 Å². The third-order valence-corrected chi connectivity index (χ3v) is 3.45. The molecule has 0 aromatic rings. The maximum absolute atomic E-state index is 12.2. The smallest absolute Gasteiger partial charge is 0.229 e. The summed E-state index contributed by atoms with van der Waals surface area (Å²) in [6.45, 7) is 9.05. The molecule has 0 saturated carbocycles. The maximum atomic E-state index is 12.2. The van der Waals surface area contributed by atoms with E-state index in [2.05, 4.69) is 0 Å². The number of alkyl halides is 1. The van der Waals surface area contributed by atoms with Gasteiger partial charge in [0.1, 0.15) is 0 Å². The summed E-state index contributed by atoms with van der Waals surface area (Å²) in [5.41, 5.74) is -0.479. The van der Waals surface area contributed by atoms with Gasteiger partial charge in [-0.05, 0) is 27.7 Å². The monoisotopic (exact) mass is 233 g/mol. The lowest BCUT2D eigenvalue weighted by atomic mass is 9.93. The summed E-state index contributed by atoms with van der Waals surface area (Å²) in [5, 5.41) is 0. The first-order valence-corrected chi connectivity index (χ1v) is 5.90. The average Bonchev–Trinajstić information content (AvgIpc) is 2.20. The topological polar surface area (TPSA) is 29.5 Å². The third kappa shape index (κ3) is 2.85. The summed E-state index contributed by atoms with van der Waals surface area (Å²) in [7, 11) is 0. The summed E-state index contributed by atoms with van der Waals surface area (Å²) in [6, 6.07) is 0.149. The van der Waals surface area contributed by atoms with E-state index in [0.717, 1.165) is 0 Å². The standard InChI is InChI=1S/C11H20ClNO2/c1-8-6-15-9(2)5-13(8)10(14)11(3,4)7-12/h8-9H,5-7H2,1-4H3. The van der Waals surface area contributed by atoms with Crippen molar-refractivity contribution in [3.05, 3.63) is 0 Å². The molecule has 1 saturated heterocycles. The second-order valence-electron chi connectivity index (χ2n) is 4.97. The highest BCUT2D eigenvalue weighted by molar-refractivity contribution is 6.19. The number of morpholine rings is 1. The number of nitrogens with zero attached hydrogens (tertiary/aromatic N) is 1. The number of rotatable bonds is 2. The molecule has 0 bridgehead atoms. The number of amides is 1. The fourth-order valence-corrected chi connectivity index (χ4v) is 1.75. The van der Waals surface area contributed by atoms with Gasteiger partial charge < -0.3 is 9.64 Å². The molecular weight excluding hydrogens is 214 g/mol. The number of hydrogen-bond donors (Lipinski definition) is 0. The van der Waals surface area contributed by atoms with Crippen molar-refractivity contribution in [1.29, 1.82) is 0 Å². The summed E-state index contributed by atoms with van der Waals surface area (Å²) < 4.78 is 5.49. The Morgan fingerprint density at radius 1 is 1.53 bits per heavy atom. The van der Waals surface area contributed by atoms with Crippen LogP contribution in [0.4, 0.5) is 0 Å². The zero-order chi connectivity index (χ0) is 11.6. The highest BCUT2D eigenvalue weighted by atomic mass is 35.5. The Morgan fingerprint density at radius 3 is 2.67 bits per heavy atom. The summed E-state index contributed by atoms with van der Waals surface area (Å²) in [5.74, 6) is 0.477. The van der Waals surface area contributed by atoms with Crippen LogP contribution in [0.2, 0.25) is 0 Å². The Labute approximate surface area is 96.7 Å². The van der Waals surface area contributed by atoms with Crippen LogP contribution in [0, 0.1) is 5.41 Å². The molecule has 1 fully saturated rings. The Balaban J connectivity index is 2.73.